The van der Waals surface area contributed by atoms with Gasteiger partial charge in [-0.2, -0.15) is 0 Å². The Labute approximate surface area is 90.3 Å². The van der Waals surface area contributed by atoms with Gasteiger partial charge in [-0.05, 0) is 19.8 Å². The molecule has 5 nitrogen and oxygen atoms in total. The molecule has 2 atom stereocenters. The van der Waals surface area contributed by atoms with E-state index in [0.717, 1.165) is 19.4 Å². The molecule has 1 aliphatic heterocycles. The number of nitrogens with one attached hydrogen (secondary N) is 1. The van der Waals surface area contributed by atoms with Crippen LogP contribution in [0.1, 0.15) is 19.8 Å². The molecule has 0 aromatic rings. The van der Waals surface area contributed by atoms with E-state index < -0.39 is 6.10 Å². The van der Waals surface area contributed by atoms with E-state index in [2.05, 4.69) is 5.32 Å². The minimum atomic E-state index is -0.566. The summed E-state index contributed by atoms with van der Waals surface area (Å²) in [5.41, 5.74) is 5.14. The molecular weight excluding hydrogens is 196 g/mol. The van der Waals surface area contributed by atoms with Crippen LogP contribution in [0.15, 0.2) is 0 Å². The number of ether oxygens (including phenoxy) is 2. The molecule has 3 N–H and O–H groups in total. The highest BCUT2D eigenvalue weighted by Crippen LogP contribution is 2.18. The number of amides is 1. The zero-order valence-electron chi connectivity index (χ0n) is 9.41. The first-order chi connectivity index (χ1) is 7.11. The van der Waals surface area contributed by atoms with Gasteiger partial charge in [-0.15, -0.1) is 0 Å². The van der Waals surface area contributed by atoms with Gasteiger partial charge in [0.05, 0.1) is 12.1 Å². The standard InChI is InChI=1S/C10H20N2O3/c1-10(4-3-5-15-7-10)12-9(13)8(6-11)14-2/h8H,3-7,11H2,1-2H3,(H,12,13). The molecule has 0 bridgehead atoms. The molecule has 5 heteroatoms. The lowest BCUT2D eigenvalue weighted by atomic mass is 9.94. The van der Waals surface area contributed by atoms with E-state index in [1.165, 1.54) is 7.11 Å². The average molecular weight is 216 g/mol. The van der Waals surface area contributed by atoms with Crippen LogP contribution in [0.5, 0.6) is 0 Å². The Bertz CT molecular complexity index is 211. The van der Waals surface area contributed by atoms with Crippen molar-refractivity contribution in [2.24, 2.45) is 5.73 Å². The van der Waals surface area contributed by atoms with Gasteiger partial charge in [0.2, 0.25) is 0 Å². The molecule has 0 aromatic carbocycles. The quantitative estimate of drug-likeness (QED) is 0.673. The third-order valence-electron chi connectivity index (χ3n) is 2.65. The second kappa shape index (κ2) is 5.44. The number of methoxy groups -OCH3 is 1. The van der Waals surface area contributed by atoms with Crippen molar-refractivity contribution in [3.8, 4) is 0 Å². The number of hydrogen-bond donors (Lipinski definition) is 2. The summed E-state index contributed by atoms with van der Waals surface area (Å²) in [6, 6.07) is 0. The molecule has 0 radical (unpaired) electrons. The van der Waals surface area contributed by atoms with E-state index in [4.69, 9.17) is 15.2 Å². The Kier molecular flexibility index (Phi) is 4.50. The average Bonchev–Trinajstić information content (AvgIpc) is 2.19. The van der Waals surface area contributed by atoms with Crippen molar-refractivity contribution in [3.63, 3.8) is 0 Å². The van der Waals surface area contributed by atoms with Crippen LogP contribution in [0.2, 0.25) is 0 Å². The lowest BCUT2D eigenvalue weighted by Crippen LogP contribution is -2.55. The highest BCUT2D eigenvalue weighted by Gasteiger charge is 2.31. The van der Waals surface area contributed by atoms with Crippen molar-refractivity contribution in [3.05, 3.63) is 0 Å². The second-order valence-electron chi connectivity index (χ2n) is 4.17. The SMILES string of the molecule is COC(CN)C(=O)NC1(C)CCCOC1. The van der Waals surface area contributed by atoms with Crippen molar-refractivity contribution in [1.29, 1.82) is 0 Å². The van der Waals surface area contributed by atoms with Crippen LogP contribution in [0, 0.1) is 0 Å². The molecule has 1 fully saturated rings. The Balaban J connectivity index is 2.48. The van der Waals surface area contributed by atoms with E-state index in [-0.39, 0.29) is 18.0 Å². The molecule has 0 aliphatic carbocycles. The molecule has 0 saturated carbocycles. The third kappa shape index (κ3) is 3.44. The summed E-state index contributed by atoms with van der Waals surface area (Å²) >= 11 is 0. The predicted molar refractivity (Wildman–Crippen MR) is 56.5 cm³/mol. The van der Waals surface area contributed by atoms with Crippen LogP contribution in [0.25, 0.3) is 0 Å². The molecule has 15 heavy (non-hydrogen) atoms. The molecule has 1 rings (SSSR count). The number of rotatable bonds is 4. The fourth-order valence-corrected chi connectivity index (χ4v) is 1.72. The normalized spacial score (nSPS) is 28.5. The van der Waals surface area contributed by atoms with Crippen LogP contribution in [0.3, 0.4) is 0 Å². The summed E-state index contributed by atoms with van der Waals surface area (Å²) in [7, 11) is 1.48. The van der Waals surface area contributed by atoms with E-state index in [1.807, 2.05) is 6.92 Å². The topological polar surface area (TPSA) is 73.6 Å². The van der Waals surface area contributed by atoms with Gasteiger partial charge in [-0.1, -0.05) is 0 Å². The van der Waals surface area contributed by atoms with Gasteiger partial charge in [-0.25, -0.2) is 0 Å². The van der Waals surface area contributed by atoms with Gasteiger partial charge >= 0.3 is 0 Å². The van der Waals surface area contributed by atoms with E-state index in [0.29, 0.717) is 6.61 Å². The van der Waals surface area contributed by atoms with Crippen molar-refractivity contribution in [2.45, 2.75) is 31.4 Å². The maximum atomic E-state index is 11.7. The van der Waals surface area contributed by atoms with Crippen molar-refractivity contribution >= 4 is 5.91 Å². The van der Waals surface area contributed by atoms with Gasteiger partial charge < -0.3 is 20.5 Å². The molecule has 1 saturated heterocycles. The van der Waals surface area contributed by atoms with Gasteiger partial charge in [0.15, 0.2) is 0 Å². The summed E-state index contributed by atoms with van der Waals surface area (Å²) in [5.74, 6) is -0.159. The van der Waals surface area contributed by atoms with E-state index in [9.17, 15) is 4.79 Å². The molecular formula is C10H20N2O3. The summed E-state index contributed by atoms with van der Waals surface area (Å²) in [5, 5.41) is 2.93. The maximum Gasteiger partial charge on any atom is 0.250 e. The van der Waals surface area contributed by atoms with Crippen LogP contribution < -0.4 is 11.1 Å². The number of carbonyl (C=O) groups is 1. The first-order valence-corrected chi connectivity index (χ1v) is 5.24. The first-order valence-electron chi connectivity index (χ1n) is 5.24. The fourth-order valence-electron chi connectivity index (χ4n) is 1.72. The van der Waals surface area contributed by atoms with Crippen molar-refractivity contribution in [2.75, 3.05) is 26.9 Å². The molecule has 0 aromatic heterocycles. The number of hydrogen-bond acceptors (Lipinski definition) is 4. The molecule has 1 heterocycles. The van der Waals surface area contributed by atoms with Crippen molar-refractivity contribution < 1.29 is 14.3 Å². The summed E-state index contributed by atoms with van der Waals surface area (Å²) in [6.45, 7) is 3.50. The highest BCUT2D eigenvalue weighted by atomic mass is 16.5. The molecule has 88 valence electrons. The van der Waals surface area contributed by atoms with Crippen LogP contribution in [0.4, 0.5) is 0 Å². The minimum absolute atomic E-state index is 0.159. The highest BCUT2D eigenvalue weighted by molar-refractivity contribution is 5.81. The lowest BCUT2D eigenvalue weighted by Gasteiger charge is -2.35. The van der Waals surface area contributed by atoms with Gasteiger partial charge in [-0.3, -0.25) is 4.79 Å². The fraction of sp³-hybridized carbons (Fsp3) is 0.900. The number of nitrogens with two attached hydrogens (primary N) is 1. The van der Waals surface area contributed by atoms with Gasteiger partial charge in [0.1, 0.15) is 6.10 Å². The summed E-state index contributed by atoms with van der Waals surface area (Å²) < 4.78 is 10.3. The zero-order valence-corrected chi connectivity index (χ0v) is 9.41. The number of carbonyl (C=O) groups excluding carboxylic acids is 1. The maximum absolute atomic E-state index is 11.7. The Morgan fingerprint density at radius 3 is 2.93 bits per heavy atom. The van der Waals surface area contributed by atoms with Gasteiger partial charge in [0.25, 0.3) is 5.91 Å². The smallest absolute Gasteiger partial charge is 0.250 e. The molecule has 1 amide bonds. The van der Waals surface area contributed by atoms with Crippen LogP contribution in [-0.4, -0.2) is 44.4 Å². The molecule has 0 spiro atoms. The zero-order chi connectivity index (χ0) is 11.3. The van der Waals surface area contributed by atoms with Crippen LogP contribution in [-0.2, 0) is 14.3 Å². The Morgan fingerprint density at radius 2 is 2.47 bits per heavy atom. The molecule has 2 unspecified atom stereocenters. The first kappa shape index (κ1) is 12.4. The Hall–Kier alpha value is -0.650. The van der Waals surface area contributed by atoms with E-state index in [1.54, 1.807) is 0 Å². The summed E-state index contributed by atoms with van der Waals surface area (Å²) in [6.07, 6.45) is 1.33. The van der Waals surface area contributed by atoms with E-state index >= 15 is 0 Å². The Morgan fingerprint density at radius 1 is 1.73 bits per heavy atom. The second-order valence-corrected chi connectivity index (χ2v) is 4.17. The minimum Gasteiger partial charge on any atom is -0.379 e. The van der Waals surface area contributed by atoms with Crippen LogP contribution >= 0.6 is 0 Å². The largest absolute Gasteiger partial charge is 0.379 e. The third-order valence-corrected chi connectivity index (χ3v) is 2.65. The monoisotopic (exact) mass is 216 g/mol. The molecule has 1 aliphatic rings. The predicted octanol–water partition coefficient (Wildman–Crippen LogP) is -0.355. The van der Waals surface area contributed by atoms with Crippen molar-refractivity contribution in [1.82, 2.24) is 5.32 Å². The van der Waals surface area contributed by atoms with Gasteiger partial charge in [0, 0.05) is 20.3 Å². The summed E-state index contributed by atoms with van der Waals surface area (Å²) in [4.78, 5) is 11.7. The lowest BCUT2D eigenvalue weighted by molar-refractivity contribution is -0.134.